The Bertz CT molecular complexity index is 3710. The van der Waals surface area contributed by atoms with Gasteiger partial charge in [-0.25, -0.2) is 0 Å². The molecule has 0 aliphatic heterocycles. The van der Waals surface area contributed by atoms with Gasteiger partial charge in [0.15, 0.2) is 0 Å². The summed E-state index contributed by atoms with van der Waals surface area (Å²) in [6.45, 7) is 0. The summed E-state index contributed by atoms with van der Waals surface area (Å²) in [5, 5.41) is 8.77. The fourth-order valence-electron chi connectivity index (χ4n) is 10.0. The van der Waals surface area contributed by atoms with Crippen molar-refractivity contribution in [2.24, 2.45) is 0 Å². The predicted molar refractivity (Wildman–Crippen MR) is 269 cm³/mol. The number of anilines is 3. The first-order valence-corrected chi connectivity index (χ1v) is 22.1. The lowest BCUT2D eigenvalue weighted by molar-refractivity contribution is -0.137. The van der Waals surface area contributed by atoms with Crippen LogP contribution >= 0.6 is 0 Å². The van der Waals surface area contributed by atoms with E-state index in [0.29, 0.717) is 0 Å². The van der Waals surface area contributed by atoms with Gasteiger partial charge in [0, 0.05) is 33.5 Å². The minimum absolute atomic E-state index is 0.662. The maximum Gasteiger partial charge on any atom is 0.416 e. The van der Waals surface area contributed by atoms with Crippen LogP contribution < -0.4 is 4.90 Å². The monoisotopic (exact) mass is 856 g/mol. The molecule has 0 saturated carbocycles. The van der Waals surface area contributed by atoms with Crippen molar-refractivity contribution >= 4 is 71.2 Å². The number of aromatic nitrogens is 1. The number of fused-ring (bicyclic) bond motifs is 6. The molecular weight excluding hydrogens is 818 g/mol. The Morgan fingerprint density at radius 2 is 0.788 bits per heavy atom. The molecule has 0 unspecified atom stereocenters. The Hall–Kier alpha value is -8.41. The Morgan fingerprint density at radius 1 is 0.333 bits per heavy atom. The summed E-state index contributed by atoms with van der Waals surface area (Å²) in [5.41, 5.74) is 11.9. The molecular formula is C61H39F3N2. The number of halogens is 3. The molecule has 2 nitrogen and oxygen atoms in total. The molecule has 0 spiro atoms. The molecule has 0 amide bonds. The molecule has 1 aromatic heterocycles. The number of para-hydroxylation sites is 2. The molecule has 0 aliphatic carbocycles. The zero-order valence-corrected chi connectivity index (χ0v) is 35.5. The minimum Gasteiger partial charge on any atom is -0.310 e. The van der Waals surface area contributed by atoms with Crippen molar-refractivity contribution in [1.82, 2.24) is 4.57 Å². The first kappa shape index (κ1) is 39.2. The van der Waals surface area contributed by atoms with Gasteiger partial charge in [-0.1, -0.05) is 164 Å². The van der Waals surface area contributed by atoms with Crippen LogP contribution in [0.2, 0.25) is 0 Å². The van der Waals surface area contributed by atoms with Crippen molar-refractivity contribution in [3.63, 3.8) is 0 Å². The summed E-state index contributed by atoms with van der Waals surface area (Å²) in [4.78, 5) is 2.33. The summed E-state index contributed by atoms with van der Waals surface area (Å²) in [6.07, 6.45) is -4.41. The van der Waals surface area contributed by atoms with Crippen LogP contribution in [0.25, 0.3) is 93.2 Å². The van der Waals surface area contributed by atoms with Crippen molar-refractivity contribution in [3.05, 3.63) is 242 Å². The van der Waals surface area contributed by atoms with Gasteiger partial charge in [-0.15, -0.1) is 0 Å². The van der Waals surface area contributed by atoms with Crippen LogP contribution in [0.5, 0.6) is 0 Å². The smallest absolute Gasteiger partial charge is 0.310 e. The van der Waals surface area contributed by atoms with Crippen LogP contribution in [-0.4, -0.2) is 4.57 Å². The zero-order valence-electron chi connectivity index (χ0n) is 35.5. The van der Waals surface area contributed by atoms with E-state index in [-0.39, 0.29) is 0 Å². The first-order valence-electron chi connectivity index (χ1n) is 22.1. The van der Waals surface area contributed by atoms with Gasteiger partial charge in [-0.2, -0.15) is 13.2 Å². The molecule has 0 aliphatic rings. The third kappa shape index (κ3) is 6.59. The number of rotatable bonds is 7. The molecule has 0 N–H and O–H groups in total. The van der Waals surface area contributed by atoms with E-state index in [0.717, 1.165) is 88.5 Å². The van der Waals surface area contributed by atoms with Gasteiger partial charge >= 0.3 is 6.18 Å². The number of hydrogen-bond donors (Lipinski definition) is 0. The van der Waals surface area contributed by atoms with E-state index >= 15 is 0 Å². The van der Waals surface area contributed by atoms with E-state index in [1.165, 1.54) is 33.9 Å². The zero-order chi connectivity index (χ0) is 44.4. The SMILES string of the molecule is FC(F)(F)c1ccc(-c2c3ccccc3c(-c3ccc(N(c4ccc(-c5cccc6ccccc56)cc4)c4ccc5c(c4)c4ccccc4n5-c4ccccc4)cc3)c3ccccc23)cc1. The van der Waals surface area contributed by atoms with Gasteiger partial charge in [0.25, 0.3) is 0 Å². The van der Waals surface area contributed by atoms with E-state index in [9.17, 15) is 13.2 Å². The summed E-state index contributed by atoms with van der Waals surface area (Å²) in [6, 6.07) is 80.4. The average molecular weight is 857 g/mol. The van der Waals surface area contributed by atoms with Crippen LogP contribution in [0, 0.1) is 0 Å². The van der Waals surface area contributed by atoms with Gasteiger partial charge in [0.1, 0.15) is 0 Å². The molecule has 0 bridgehead atoms. The second-order valence-electron chi connectivity index (χ2n) is 16.8. The Kier molecular flexibility index (Phi) is 9.32. The summed E-state index contributed by atoms with van der Waals surface area (Å²) in [7, 11) is 0. The Morgan fingerprint density at radius 3 is 1.38 bits per heavy atom. The molecule has 0 fully saturated rings. The molecule has 0 saturated heterocycles. The number of hydrogen-bond acceptors (Lipinski definition) is 1. The number of nitrogens with zero attached hydrogens (tertiary/aromatic N) is 2. The maximum absolute atomic E-state index is 13.6. The maximum atomic E-state index is 13.6. The van der Waals surface area contributed by atoms with Gasteiger partial charge in [0.2, 0.25) is 0 Å². The quantitative estimate of drug-likeness (QED) is 0.145. The van der Waals surface area contributed by atoms with E-state index in [1.54, 1.807) is 12.1 Å². The third-order valence-corrected chi connectivity index (χ3v) is 13.0. The minimum atomic E-state index is -4.41. The van der Waals surface area contributed by atoms with Crippen molar-refractivity contribution in [1.29, 1.82) is 0 Å². The highest BCUT2D eigenvalue weighted by Crippen LogP contribution is 2.46. The van der Waals surface area contributed by atoms with E-state index in [2.05, 4.69) is 191 Å². The molecule has 0 radical (unpaired) electrons. The van der Waals surface area contributed by atoms with Crippen molar-refractivity contribution in [3.8, 4) is 39.1 Å². The summed E-state index contributed by atoms with van der Waals surface area (Å²) >= 11 is 0. The molecule has 5 heteroatoms. The lowest BCUT2D eigenvalue weighted by Crippen LogP contribution is -2.10. The Labute approximate surface area is 379 Å². The highest BCUT2D eigenvalue weighted by atomic mass is 19.4. The van der Waals surface area contributed by atoms with Crippen LogP contribution in [-0.2, 0) is 6.18 Å². The third-order valence-electron chi connectivity index (χ3n) is 13.0. The van der Waals surface area contributed by atoms with E-state index < -0.39 is 11.7 Å². The summed E-state index contributed by atoms with van der Waals surface area (Å²) in [5.74, 6) is 0. The second kappa shape index (κ2) is 15.7. The fraction of sp³-hybridized carbons (Fsp3) is 0.0164. The average Bonchev–Trinajstić information content (AvgIpc) is 3.70. The normalized spacial score (nSPS) is 11.9. The van der Waals surface area contributed by atoms with Gasteiger partial charge in [-0.05, 0) is 138 Å². The molecule has 12 rings (SSSR count). The van der Waals surface area contributed by atoms with Crippen molar-refractivity contribution < 1.29 is 13.2 Å². The number of benzene rings is 11. The highest BCUT2D eigenvalue weighted by Gasteiger charge is 2.30. The second-order valence-corrected chi connectivity index (χ2v) is 16.8. The molecule has 66 heavy (non-hydrogen) atoms. The van der Waals surface area contributed by atoms with Gasteiger partial charge in [-0.3, -0.25) is 0 Å². The first-order chi connectivity index (χ1) is 32.4. The molecule has 12 aromatic rings. The number of alkyl halides is 3. The van der Waals surface area contributed by atoms with E-state index in [1.807, 2.05) is 30.3 Å². The fourth-order valence-corrected chi connectivity index (χ4v) is 10.0. The molecule has 1 heterocycles. The Balaban J connectivity index is 1.02. The van der Waals surface area contributed by atoms with Crippen LogP contribution in [0.3, 0.4) is 0 Å². The largest absolute Gasteiger partial charge is 0.416 e. The summed E-state index contributed by atoms with van der Waals surface area (Å²) < 4.78 is 43.3. The predicted octanol–water partition coefficient (Wildman–Crippen LogP) is 17.7. The lowest BCUT2D eigenvalue weighted by Gasteiger charge is -2.26. The van der Waals surface area contributed by atoms with Crippen LogP contribution in [0.1, 0.15) is 5.56 Å². The van der Waals surface area contributed by atoms with Crippen LogP contribution in [0.4, 0.5) is 30.2 Å². The topological polar surface area (TPSA) is 8.17 Å². The lowest BCUT2D eigenvalue weighted by atomic mass is 9.86. The van der Waals surface area contributed by atoms with E-state index in [4.69, 9.17) is 0 Å². The van der Waals surface area contributed by atoms with Crippen LogP contribution in [0.15, 0.2) is 237 Å². The highest BCUT2D eigenvalue weighted by molar-refractivity contribution is 6.21. The standard InChI is InChI=1S/C61H39F3N2/c62-61(63,64)44-31-25-42(26-32-44)59-52-19-6-8-21-54(52)60(55-22-9-7-20-53(55)59)43-29-35-47(36-30-43)65(46-33-27-41(28-34-46)50-23-12-14-40-13-4-5-17-49(40)50)48-37-38-58-56(39-48)51-18-10-11-24-57(51)66(58)45-15-2-1-3-16-45/h1-39H. The van der Waals surface area contributed by atoms with Gasteiger partial charge in [0.05, 0.1) is 16.6 Å². The molecule has 0 atom stereocenters. The van der Waals surface area contributed by atoms with Crippen molar-refractivity contribution in [2.45, 2.75) is 6.18 Å². The van der Waals surface area contributed by atoms with Crippen molar-refractivity contribution in [2.75, 3.05) is 4.90 Å². The van der Waals surface area contributed by atoms with Gasteiger partial charge < -0.3 is 9.47 Å². The molecule has 11 aromatic carbocycles. The molecule has 314 valence electrons.